The SMILES string of the molecule is CCCOc1csc(SSc2nc(OCCC)cs2)n1. The van der Waals surface area contributed by atoms with E-state index in [0.717, 1.165) is 21.5 Å². The van der Waals surface area contributed by atoms with Crippen LogP contribution in [0.3, 0.4) is 0 Å². The van der Waals surface area contributed by atoms with Gasteiger partial charge < -0.3 is 9.47 Å². The van der Waals surface area contributed by atoms with Gasteiger partial charge in [0, 0.05) is 0 Å². The van der Waals surface area contributed by atoms with Crippen LogP contribution in [0.5, 0.6) is 11.8 Å². The third-order valence-electron chi connectivity index (χ3n) is 2.02. The Morgan fingerprint density at radius 2 is 1.35 bits per heavy atom. The lowest BCUT2D eigenvalue weighted by Crippen LogP contribution is -1.94. The van der Waals surface area contributed by atoms with E-state index in [4.69, 9.17) is 9.47 Å². The van der Waals surface area contributed by atoms with Crippen LogP contribution in [-0.2, 0) is 0 Å². The molecule has 0 saturated carbocycles. The second-order valence-corrected chi connectivity index (χ2v) is 8.11. The van der Waals surface area contributed by atoms with Gasteiger partial charge in [-0.2, -0.15) is 9.97 Å². The van der Waals surface area contributed by atoms with Gasteiger partial charge in [0.2, 0.25) is 11.8 Å². The normalized spacial score (nSPS) is 10.7. The van der Waals surface area contributed by atoms with Crippen molar-refractivity contribution < 1.29 is 9.47 Å². The van der Waals surface area contributed by atoms with Crippen LogP contribution in [0.25, 0.3) is 0 Å². The molecule has 2 heterocycles. The first-order chi connectivity index (χ1) is 9.81. The second-order valence-electron chi connectivity index (χ2n) is 3.77. The topological polar surface area (TPSA) is 44.2 Å². The maximum absolute atomic E-state index is 5.48. The van der Waals surface area contributed by atoms with Gasteiger partial charge in [0.05, 0.1) is 24.0 Å². The van der Waals surface area contributed by atoms with Crippen LogP contribution in [0.2, 0.25) is 0 Å². The largest absolute Gasteiger partial charge is 0.477 e. The fourth-order valence-corrected chi connectivity index (χ4v) is 5.08. The lowest BCUT2D eigenvalue weighted by Gasteiger charge is -1.98. The van der Waals surface area contributed by atoms with Crippen molar-refractivity contribution in [3.8, 4) is 11.8 Å². The van der Waals surface area contributed by atoms with E-state index in [-0.39, 0.29) is 0 Å². The Balaban J connectivity index is 1.79. The zero-order valence-electron chi connectivity index (χ0n) is 11.3. The summed E-state index contributed by atoms with van der Waals surface area (Å²) in [5.41, 5.74) is 0. The molecule has 0 atom stereocenters. The minimum atomic E-state index is 0.714. The fraction of sp³-hybridized carbons (Fsp3) is 0.500. The number of hydrogen-bond donors (Lipinski definition) is 0. The summed E-state index contributed by atoms with van der Waals surface area (Å²) in [5.74, 6) is 1.43. The van der Waals surface area contributed by atoms with Crippen molar-refractivity contribution in [2.24, 2.45) is 0 Å². The molecule has 2 rings (SSSR count). The molecule has 0 aromatic carbocycles. The van der Waals surface area contributed by atoms with E-state index >= 15 is 0 Å². The molecular formula is C12H16N2O2S4. The summed E-state index contributed by atoms with van der Waals surface area (Å²) in [5, 5.41) is 3.88. The zero-order chi connectivity index (χ0) is 14.2. The van der Waals surface area contributed by atoms with E-state index < -0.39 is 0 Å². The first-order valence-electron chi connectivity index (χ1n) is 6.33. The van der Waals surface area contributed by atoms with Gasteiger partial charge in [0.25, 0.3) is 0 Å². The lowest BCUT2D eigenvalue weighted by molar-refractivity contribution is 0.305. The van der Waals surface area contributed by atoms with E-state index in [1.54, 1.807) is 44.3 Å². The van der Waals surface area contributed by atoms with Gasteiger partial charge in [-0.25, -0.2) is 0 Å². The van der Waals surface area contributed by atoms with Crippen LogP contribution < -0.4 is 9.47 Å². The molecule has 110 valence electrons. The Labute approximate surface area is 134 Å². The quantitative estimate of drug-likeness (QED) is 0.596. The van der Waals surface area contributed by atoms with Crippen molar-refractivity contribution in [2.75, 3.05) is 13.2 Å². The molecule has 0 aliphatic heterocycles. The number of thiazole rings is 2. The van der Waals surface area contributed by atoms with Gasteiger partial charge in [-0.1, -0.05) is 13.8 Å². The Kier molecular flexibility index (Phi) is 6.98. The predicted octanol–water partition coefficient (Wildman–Crippen LogP) is 4.98. The molecule has 2 aromatic rings. The van der Waals surface area contributed by atoms with Crippen molar-refractivity contribution in [1.82, 2.24) is 9.97 Å². The lowest BCUT2D eigenvalue weighted by atomic mass is 10.5. The van der Waals surface area contributed by atoms with Gasteiger partial charge in [-0.3, -0.25) is 0 Å². The molecule has 0 fully saturated rings. The van der Waals surface area contributed by atoms with Gasteiger partial charge in [0.1, 0.15) is 0 Å². The number of aromatic nitrogens is 2. The van der Waals surface area contributed by atoms with Gasteiger partial charge in [0.15, 0.2) is 8.68 Å². The summed E-state index contributed by atoms with van der Waals surface area (Å²) in [4.78, 5) is 8.81. The van der Waals surface area contributed by atoms with E-state index in [0.29, 0.717) is 25.0 Å². The molecule has 20 heavy (non-hydrogen) atoms. The summed E-state index contributed by atoms with van der Waals surface area (Å²) in [6.45, 7) is 5.59. The molecule has 0 saturated heterocycles. The third kappa shape index (κ3) is 5.16. The van der Waals surface area contributed by atoms with Crippen molar-refractivity contribution >= 4 is 44.3 Å². The highest BCUT2D eigenvalue weighted by molar-refractivity contribution is 8.77. The Morgan fingerprint density at radius 3 is 1.75 bits per heavy atom. The number of hydrogen-bond acceptors (Lipinski definition) is 8. The molecule has 0 spiro atoms. The predicted molar refractivity (Wildman–Crippen MR) is 87.5 cm³/mol. The molecule has 4 nitrogen and oxygen atoms in total. The minimum absolute atomic E-state index is 0.714. The molecule has 0 radical (unpaired) electrons. The summed E-state index contributed by atoms with van der Waals surface area (Å²) in [7, 11) is 3.20. The van der Waals surface area contributed by atoms with Crippen molar-refractivity contribution in [3.05, 3.63) is 10.8 Å². The van der Waals surface area contributed by atoms with Crippen LogP contribution in [0.4, 0.5) is 0 Å². The summed E-state index contributed by atoms with van der Waals surface area (Å²) in [6, 6.07) is 0. The van der Waals surface area contributed by atoms with Crippen LogP contribution in [-0.4, -0.2) is 23.2 Å². The minimum Gasteiger partial charge on any atom is -0.477 e. The summed E-state index contributed by atoms with van der Waals surface area (Å²) in [6.07, 6.45) is 1.99. The van der Waals surface area contributed by atoms with Crippen LogP contribution in [0, 0.1) is 0 Å². The van der Waals surface area contributed by atoms with Gasteiger partial charge in [-0.05, 0) is 34.4 Å². The van der Waals surface area contributed by atoms with E-state index in [9.17, 15) is 0 Å². The molecule has 0 N–H and O–H groups in total. The third-order valence-corrected chi connectivity index (χ3v) is 6.70. The fourth-order valence-electron chi connectivity index (χ4n) is 1.18. The molecule has 0 aliphatic carbocycles. The monoisotopic (exact) mass is 348 g/mol. The average molecular weight is 349 g/mol. The van der Waals surface area contributed by atoms with Crippen LogP contribution in [0.15, 0.2) is 19.4 Å². The maximum Gasteiger partial charge on any atom is 0.225 e. The van der Waals surface area contributed by atoms with Crippen molar-refractivity contribution in [1.29, 1.82) is 0 Å². The maximum atomic E-state index is 5.48. The van der Waals surface area contributed by atoms with Crippen molar-refractivity contribution in [3.63, 3.8) is 0 Å². The number of ether oxygens (including phenoxy) is 2. The highest BCUT2D eigenvalue weighted by Crippen LogP contribution is 2.41. The standard InChI is InChI=1S/C12H16N2O2S4/c1-3-5-15-9-7-17-11(13-9)19-20-12-14-10(8-18-12)16-6-4-2/h7-8H,3-6H2,1-2H3. The molecule has 0 amide bonds. The highest BCUT2D eigenvalue weighted by Gasteiger charge is 2.08. The Morgan fingerprint density at radius 1 is 0.900 bits per heavy atom. The Bertz CT molecular complexity index is 469. The molecule has 0 aliphatic rings. The Hall–Kier alpha value is -0.440. The first kappa shape index (κ1) is 15.9. The average Bonchev–Trinajstić information content (AvgIpc) is 3.10. The zero-order valence-corrected chi connectivity index (χ0v) is 14.6. The van der Waals surface area contributed by atoms with Crippen molar-refractivity contribution in [2.45, 2.75) is 35.4 Å². The molecule has 8 heteroatoms. The van der Waals surface area contributed by atoms with Crippen LogP contribution in [0.1, 0.15) is 26.7 Å². The summed E-state index contributed by atoms with van der Waals surface area (Å²) < 4.78 is 12.9. The van der Waals surface area contributed by atoms with E-state index in [1.807, 2.05) is 10.8 Å². The molecule has 2 aromatic heterocycles. The smallest absolute Gasteiger partial charge is 0.225 e. The second kappa shape index (κ2) is 8.76. The van der Waals surface area contributed by atoms with Crippen LogP contribution >= 0.6 is 44.3 Å². The van der Waals surface area contributed by atoms with Gasteiger partial charge in [-0.15, -0.1) is 22.7 Å². The highest BCUT2D eigenvalue weighted by atomic mass is 33.1. The van der Waals surface area contributed by atoms with Gasteiger partial charge >= 0.3 is 0 Å². The summed E-state index contributed by atoms with van der Waals surface area (Å²) >= 11 is 3.18. The molecular weight excluding hydrogens is 332 g/mol. The van der Waals surface area contributed by atoms with E-state index in [2.05, 4.69) is 23.8 Å². The number of rotatable bonds is 9. The molecule has 0 unspecified atom stereocenters. The number of nitrogens with zero attached hydrogens (tertiary/aromatic N) is 2. The first-order valence-corrected chi connectivity index (χ1v) is 10.2. The van der Waals surface area contributed by atoms with E-state index in [1.165, 1.54) is 0 Å². The molecule has 0 bridgehead atoms.